The Balaban J connectivity index is 2.14. The number of nitrogens with zero attached hydrogens (tertiary/aromatic N) is 1. The van der Waals surface area contributed by atoms with Gasteiger partial charge in [0, 0.05) is 6.08 Å². The molecule has 0 unspecified atom stereocenters. The molecular weight excluding hydrogens is 194 g/mol. The molecule has 78 valence electrons. The van der Waals surface area contributed by atoms with E-state index in [1.165, 1.54) is 0 Å². The summed E-state index contributed by atoms with van der Waals surface area (Å²) in [6, 6.07) is 9.29. The monoisotopic (exact) mass is 205 g/mol. The van der Waals surface area contributed by atoms with Crippen molar-refractivity contribution >= 4 is 5.91 Å². The second kappa shape index (κ2) is 3.74. The van der Waals surface area contributed by atoms with Crippen LogP contribution in [-0.4, -0.2) is 27.1 Å². The number of carbonyl (C=O) groups is 1. The van der Waals surface area contributed by atoms with Crippen molar-refractivity contribution < 1.29 is 15.0 Å². The van der Waals surface area contributed by atoms with Crippen molar-refractivity contribution in [3.05, 3.63) is 47.9 Å². The van der Waals surface area contributed by atoms with Crippen LogP contribution in [0, 0.1) is 0 Å². The standard InChI is InChI=1S/C11H11NO3/c13-9-6-10(14)12(11(9)15)7-8-4-2-1-3-5-8/h1-6,9,13-14H,7H2/t9-/m0/s1. The highest BCUT2D eigenvalue weighted by atomic mass is 16.3. The molecule has 4 heteroatoms. The molecule has 0 aliphatic carbocycles. The largest absolute Gasteiger partial charge is 0.495 e. The van der Waals surface area contributed by atoms with Crippen molar-refractivity contribution in [2.75, 3.05) is 0 Å². The van der Waals surface area contributed by atoms with Crippen LogP contribution in [0.15, 0.2) is 42.3 Å². The van der Waals surface area contributed by atoms with Crippen LogP contribution in [0.3, 0.4) is 0 Å². The normalized spacial score (nSPS) is 20.6. The molecule has 2 rings (SSSR count). The third-order valence-corrected chi connectivity index (χ3v) is 2.29. The molecule has 0 spiro atoms. The molecule has 0 saturated carbocycles. The predicted octanol–water partition coefficient (Wildman–Crippen LogP) is 0.789. The quantitative estimate of drug-likeness (QED) is 0.750. The molecule has 0 saturated heterocycles. The molecule has 1 heterocycles. The summed E-state index contributed by atoms with van der Waals surface area (Å²) in [5.41, 5.74) is 0.903. The predicted molar refractivity (Wildman–Crippen MR) is 53.7 cm³/mol. The maximum Gasteiger partial charge on any atom is 0.262 e. The lowest BCUT2D eigenvalue weighted by Crippen LogP contribution is -2.30. The van der Waals surface area contributed by atoms with Gasteiger partial charge in [0.15, 0.2) is 12.0 Å². The number of hydrogen-bond acceptors (Lipinski definition) is 3. The van der Waals surface area contributed by atoms with Gasteiger partial charge in [-0.2, -0.15) is 0 Å². The molecule has 1 atom stereocenters. The summed E-state index contributed by atoms with van der Waals surface area (Å²) in [5.74, 6) is -0.673. The van der Waals surface area contributed by atoms with Crippen LogP contribution in [0.4, 0.5) is 0 Å². The Kier molecular flexibility index (Phi) is 2.43. The zero-order valence-corrected chi connectivity index (χ0v) is 8.00. The first-order valence-electron chi connectivity index (χ1n) is 4.62. The van der Waals surface area contributed by atoms with Gasteiger partial charge in [-0.25, -0.2) is 0 Å². The van der Waals surface area contributed by atoms with Gasteiger partial charge < -0.3 is 10.2 Å². The fourth-order valence-corrected chi connectivity index (χ4v) is 1.50. The fraction of sp³-hybridized carbons (Fsp3) is 0.182. The van der Waals surface area contributed by atoms with E-state index in [4.69, 9.17) is 0 Å². The number of benzene rings is 1. The number of hydrogen-bond donors (Lipinski definition) is 2. The van der Waals surface area contributed by atoms with Crippen LogP contribution in [0.25, 0.3) is 0 Å². The van der Waals surface area contributed by atoms with Gasteiger partial charge in [0.1, 0.15) is 0 Å². The summed E-state index contributed by atoms with van der Waals surface area (Å²) in [7, 11) is 0. The molecule has 1 aliphatic rings. The van der Waals surface area contributed by atoms with E-state index in [-0.39, 0.29) is 12.4 Å². The first-order valence-corrected chi connectivity index (χ1v) is 4.62. The van der Waals surface area contributed by atoms with Crippen molar-refractivity contribution in [1.82, 2.24) is 4.90 Å². The van der Waals surface area contributed by atoms with Crippen molar-refractivity contribution in [3.8, 4) is 0 Å². The third-order valence-electron chi connectivity index (χ3n) is 2.29. The Labute approximate surface area is 87.1 Å². The van der Waals surface area contributed by atoms with E-state index in [1.54, 1.807) is 0 Å². The summed E-state index contributed by atoms with van der Waals surface area (Å²) >= 11 is 0. The minimum Gasteiger partial charge on any atom is -0.495 e. The molecule has 1 aromatic carbocycles. The van der Waals surface area contributed by atoms with Gasteiger partial charge in [0.2, 0.25) is 0 Å². The van der Waals surface area contributed by atoms with E-state index in [9.17, 15) is 15.0 Å². The average Bonchev–Trinajstić information content (AvgIpc) is 2.47. The van der Waals surface area contributed by atoms with E-state index in [0.717, 1.165) is 16.5 Å². The van der Waals surface area contributed by atoms with Crippen LogP contribution in [-0.2, 0) is 11.3 Å². The summed E-state index contributed by atoms with van der Waals surface area (Å²) in [6.07, 6.45) is -0.0839. The maximum atomic E-state index is 11.4. The fourth-order valence-electron chi connectivity index (χ4n) is 1.50. The van der Waals surface area contributed by atoms with Crippen LogP contribution < -0.4 is 0 Å². The molecular formula is C11H11NO3. The summed E-state index contributed by atoms with van der Waals surface area (Å²) < 4.78 is 0. The van der Waals surface area contributed by atoms with Crippen LogP contribution >= 0.6 is 0 Å². The smallest absolute Gasteiger partial charge is 0.262 e. The Morgan fingerprint density at radius 3 is 2.47 bits per heavy atom. The number of amides is 1. The van der Waals surface area contributed by atoms with Crippen molar-refractivity contribution in [3.63, 3.8) is 0 Å². The molecule has 1 aliphatic heterocycles. The number of aliphatic hydroxyl groups is 2. The van der Waals surface area contributed by atoms with E-state index in [1.807, 2.05) is 30.3 Å². The molecule has 15 heavy (non-hydrogen) atoms. The lowest BCUT2D eigenvalue weighted by Gasteiger charge is -2.16. The van der Waals surface area contributed by atoms with Crippen molar-refractivity contribution in [2.45, 2.75) is 12.6 Å². The summed E-state index contributed by atoms with van der Waals surface area (Å²) in [4.78, 5) is 12.5. The molecule has 4 nitrogen and oxygen atoms in total. The Hall–Kier alpha value is -1.81. The lowest BCUT2D eigenvalue weighted by molar-refractivity contribution is -0.135. The van der Waals surface area contributed by atoms with Crippen molar-refractivity contribution in [2.24, 2.45) is 0 Å². The van der Waals surface area contributed by atoms with E-state index in [2.05, 4.69) is 0 Å². The van der Waals surface area contributed by atoms with Gasteiger partial charge >= 0.3 is 0 Å². The van der Waals surface area contributed by atoms with Gasteiger partial charge in [-0.1, -0.05) is 30.3 Å². The van der Waals surface area contributed by atoms with Crippen LogP contribution in [0.2, 0.25) is 0 Å². The second-order valence-electron chi connectivity index (χ2n) is 3.38. The first-order chi connectivity index (χ1) is 7.18. The van der Waals surface area contributed by atoms with E-state index >= 15 is 0 Å². The minimum absolute atomic E-state index is 0.184. The summed E-state index contributed by atoms with van der Waals surface area (Å²) in [5, 5.41) is 18.6. The lowest BCUT2D eigenvalue weighted by atomic mass is 10.2. The molecule has 2 N–H and O–H groups in total. The zero-order valence-electron chi connectivity index (χ0n) is 8.00. The van der Waals surface area contributed by atoms with Gasteiger partial charge in [-0.05, 0) is 5.56 Å². The highest BCUT2D eigenvalue weighted by Gasteiger charge is 2.30. The molecule has 1 amide bonds. The number of aliphatic hydroxyl groups excluding tert-OH is 2. The average molecular weight is 205 g/mol. The Morgan fingerprint density at radius 2 is 1.93 bits per heavy atom. The maximum absolute atomic E-state index is 11.4. The van der Waals surface area contributed by atoms with Gasteiger partial charge in [0.05, 0.1) is 6.54 Å². The van der Waals surface area contributed by atoms with E-state index < -0.39 is 12.0 Å². The van der Waals surface area contributed by atoms with Gasteiger partial charge in [-0.3, -0.25) is 9.69 Å². The third kappa shape index (κ3) is 1.85. The molecule has 0 fully saturated rings. The minimum atomic E-state index is -1.21. The van der Waals surface area contributed by atoms with Crippen LogP contribution in [0.1, 0.15) is 5.56 Å². The number of rotatable bonds is 2. The van der Waals surface area contributed by atoms with Crippen LogP contribution in [0.5, 0.6) is 0 Å². The van der Waals surface area contributed by atoms with Gasteiger partial charge in [0.25, 0.3) is 5.91 Å². The van der Waals surface area contributed by atoms with Crippen molar-refractivity contribution in [1.29, 1.82) is 0 Å². The summed E-state index contributed by atoms with van der Waals surface area (Å²) in [6.45, 7) is 0.277. The number of carbonyl (C=O) groups excluding carboxylic acids is 1. The highest BCUT2D eigenvalue weighted by Crippen LogP contribution is 2.17. The Morgan fingerprint density at radius 1 is 1.27 bits per heavy atom. The molecule has 0 radical (unpaired) electrons. The molecule has 1 aromatic rings. The molecule has 0 bridgehead atoms. The SMILES string of the molecule is O=C1[C@@H](O)C=C(O)N1Cc1ccccc1. The topological polar surface area (TPSA) is 60.8 Å². The molecule has 0 aromatic heterocycles. The zero-order chi connectivity index (χ0) is 10.8. The van der Waals surface area contributed by atoms with E-state index in [0.29, 0.717) is 0 Å². The highest BCUT2D eigenvalue weighted by molar-refractivity contribution is 5.86. The Bertz CT molecular complexity index is 400. The first kappa shape index (κ1) is 9.73. The second-order valence-corrected chi connectivity index (χ2v) is 3.38. The van der Waals surface area contributed by atoms with Gasteiger partial charge in [-0.15, -0.1) is 0 Å².